The molecule has 22 heavy (non-hydrogen) atoms. The maximum absolute atomic E-state index is 12.0. The Morgan fingerprint density at radius 1 is 1.41 bits per heavy atom. The van der Waals surface area contributed by atoms with Crippen molar-refractivity contribution in [2.75, 3.05) is 22.4 Å². The average molecular weight is 325 g/mol. The van der Waals surface area contributed by atoms with Crippen LogP contribution in [-0.4, -0.2) is 33.2 Å². The molecule has 0 unspecified atom stereocenters. The number of nitrogens with zero attached hydrogens (tertiary/aromatic N) is 1. The summed E-state index contributed by atoms with van der Waals surface area (Å²) in [7, 11) is -3.25. The van der Waals surface area contributed by atoms with Crippen LogP contribution < -0.4 is 15.4 Å². The van der Waals surface area contributed by atoms with Gasteiger partial charge >= 0.3 is 0 Å². The summed E-state index contributed by atoms with van der Waals surface area (Å²) >= 11 is 0. The van der Waals surface area contributed by atoms with Crippen LogP contribution in [0.2, 0.25) is 0 Å². The summed E-state index contributed by atoms with van der Waals surface area (Å²) < 4.78 is 24.8. The molecule has 0 radical (unpaired) electrons. The van der Waals surface area contributed by atoms with Crippen LogP contribution in [0.1, 0.15) is 25.8 Å². The summed E-state index contributed by atoms with van der Waals surface area (Å²) in [6.07, 6.45) is 2.46. The van der Waals surface area contributed by atoms with Gasteiger partial charge in [-0.3, -0.25) is 9.10 Å². The van der Waals surface area contributed by atoms with Gasteiger partial charge in [0.1, 0.15) is 0 Å². The molecule has 1 aliphatic heterocycles. The van der Waals surface area contributed by atoms with E-state index in [2.05, 4.69) is 5.32 Å². The Bertz CT molecular complexity index is 671. The summed E-state index contributed by atoms with van der Waals surface area (Å²) in [6.45, 7) is 4.48. The Morgan fingerprint density at radius 2 is 2.09 bits per heavy atom. The molecule has 0 saturated heterocycles. The van der Waals surface area contributed by atoms with Crippen molar-refractivity contribution in [3.8, 4) is 0 Å². The van der Waals surface area contributed by atoms with Crippen LogP contribution in [-0.2, 0) is 21.2 Å². The predicted molar refractivity (Wildman–Crippen MR) is 88.4 cm³/mol. The van der Waals surface area contributed by atoms with Crippen LogP contribution >= 0.6 is 0 Å². The Hall–Kier alpha value is -1.60. The molecule has 3 N–H and O–H groups in total. The van der Waals surface area contributed by atoms with Crippen molar-refractivity contribution in [2.45, 2.75) is 32.7 Å². The summed E-state index contributed by atoms with van der Waals surface area (Å²) in [5, 5.41) is 2.80. The first-order valence-corrected chi connectivity index (χ1v) is 9.20. The van der Waals surface area contributed by atoms with E-state index in [-0.39, 0.29) is 5.91 Å². The van der Waals surface area contributed by atoms with Crippen molar-refractivity contribution in [1.29, 1.82) is 0 Å². The largest absolute Gasteiger partial charge is 0.325 e. The van der Waals surface area contributed by atoms with Crippen molar-refractivity contribution < 1.29 is 13.2 Å². The number of fused-ring (bicyclic) bond motifs is 1. The van der Waals surface area contributed by atoms with Gasteiger partial charge in [-0.1, -0.05) is 13.8 Å². The van der Waals surface area contributed by atoms with Gasteiger partial charge in [0.25, 0.3) is 0 Å². The predicted octanol–water partition coefficient (Wildman–Crippen LogP) is 1.32. The molecule has 1 aromatic carbocycles. The minimum absolute atomic E-state index is 0.216. The van der Waals surface area contributed by atoms with Gasteiger partial charge in [0.05, 0.1) is 18.0 Å². The fourth-order valence-corrected chi connectivity index (χ4v) is 3.60. The molecular weight excluding hydrogens is 302 g/mol. The maximum atomic E-state index is 12.0. The van der Waals surface area contributed by atoms with Gasteiger partial charge in [0, 0.05) is 12.2 Å². The summed E-state index contributed by atoms with van der Waals surface area (Å²) in [5.74, 6) is 0.135. The van der Waals surface area contributed by atoms with E-state index in [1.54, 1.807) is 12.1 Å². The zero-order chi connectivity index (χ0) is 16.5. The zero-order valence-electron chi connectivity index (χ0n) is 13.2. The lowest BCUT2D eigenvalue weighted by Crippen LogP contribution is -2.36. The highest BCUT2D eigenvalue weighted by Crippen LogP contribution is 2.32. The van der Waals surface area contributed by atoms with E-state index in [0.29, 0.717) is 36.7 Å². The zero-order valence-corrected chi connectivity index (χ0v) is 14.0. The van der Waals surface area contributed by atoms with Crippen molar-refractivity contribution in [1.82, 2.24) is 0 Å². The average Bonchev–Trinajstić information content (AvgIpc) is 2.80. The summed E-state index contributed by atoms with van der Waals surface area (Å²) in [4.78, 5) is 12.0. The number of rotatable bonds is 5. The van der Waals surface area contributed by atoms with E-state index in [1.807, 2.05) is 19.9 Å². The van der Waals surface area contributed by atoms with Gasteiger partial charge in [0.2, 0.25) is 15.9 Å². The first-order valence-electron chi connectivity index (χ1n) is 7.35. The number of hydrogen-bond acceptors (Lipinski definition) is 4. The van der Waals surface area contributed by atoms with Crippen LogP contribution in [0, 0.1) is 5.92 Å². The highest BCUT2D eigenvalue weighted by molar-refractivity contribution is 7.92. The van der Waals surface area contributed by atoms with Gasteiger partial charge in [-0.25, -0.2) is 8.42 Å². The monoisotopic (exact) mass is 325 g/mol. The quantitative estimate of drug-likeness (QED) is 0.854. The van der Waals surface area contributed by atoms with E-state index in [0.717, 1.165) is 5.56 Å². The lowest BCUT2D eigenvalue weighted by Gasteiger charge is -2.17. The molecule has 122 valence electrons. The van der Waals surface area contributed by atoms with Crippen molar-refractivity contribution >= 4 is 27.3 Å². The Balaban J connectivity index is 2.12. The van der Waals surface area contributed by atoms with Crippen molar-refractivity contribution in [2.24, 2.45) is 11.7 Å². The SMILES string of the molecule is CC(C)C[C@H](N)C(=O)Nc1ccc2c(c1)CCN2S(C)(=O)=O. The highest BCUT2D eigenvalue weighted by atomic mass is 32.2. The van der Waals surface area contributed by atoms with Crippen LogP contribution in [0.25, 0.3) is 0 Å². The van der Waals surface area contributed by atoms with E-state index in [9.17, 15) is 13.2 Å². The lowest BCUT2D eigenvalue weighted by atomic mass is 10.0. The standard InChI is InChI=1S/C15H23N3O3S/c1-10(2)8-13(16)15(19)17-12-4-5-14-11(9-12)6-7-18(14)22(3,20)21/h4-5,9-10,13H,6-8,16H2,1-3H3,(H,17,19)/t13-/m0/s1. The van der Waals surface area contributed by atoms with Crippen LogP contribution in [0.15, 0.2) is 18.2 Å². The second-order valence-electron chi connectivity index (χ2n) is 6.15. The molecule has 7 heteroatoms. The fourth-order valence-electron chi connectivity index (χ4n) is 2.64. The number of sulfonamides is 1. The number of carbonyl (C=O) groups excluding carboxylic acids is 1. The van der Waals surface area contributed by atoms with Crippen LogP contribution in [0.4, 0.5) is 11.4 Å². The summed E-state index contributed by atoms with van der Waals surface area (Å²) in [6, 6.07) is 4.72. The van der Waals surface area contributed by atoms with E-state index in [4.69, 9.17) is 5.73 Å². The normalized spacial score (nSPS) is 15.8. The fraction of sp³-hybridized carbons (Fsp3) is 0.533. The molecular formula is C15H23N3O3S. The third-order valence-corrected chi connectivity index (χ3v) is 4.84. The first kappa shape index (κ1) is 16.8. The minimum atomic E-state index is -3.25. The molecule has 0 aromatic heterocycles. The van der Waals surface area contributed by atoms with E-state index in [1.165, 1.54) is 10.6 Å². The molecule has 6 nitrogen and oxygen atoms in total. The summed E-state index contributed by atoms with van der Waals surface area (Å²) in [5.41, 5.74) is 8.11. The first-order chi connectivity index (χ1) is 10.2. The Labute approximate surface area is 131 Å². The molecule has 1 aliphatic rings. The third-order valence-electron chi connectivity index (χ3n) is 3.66. The highest BCUT2D eigenvalue weighted by Gasteiger charge is 2.26. The molecule has 0 fully saturated rings. The third kappa shape index (κ3) is 3.78. The molecule has 1 amide bonds. The van der Waals surface area contributed by atoms with Gasteiger partial charge in [-0.2, -0.15) is 0 Å². The van der Waals surface area contributed by atoms with Crippen LogP contribution in [0.5, 0.6) is 0 Å². The second-order valence-corrected chi connectivity index (χ2v) is 8.06. The number of amides is 1. The molecule has 0 bridgehead atoms. The number of carbonyl (C=O) groups is 1. The van der Waals surface area contributed by atoms with Gasteiger partial charge in [-0.15, -0.1) is 0 Å². The number of anilines is 2. The smallest absolute Gasteiger partial charge is 0.241 e. The lowest BCUT2D eigenvalue weighted by molar-refractivity contribution is -0.117. The minimum Gasteiger partial charge on any atom is -0.325 e. The number of hydrogen-bond donors (Lipinski definition) is 2. The number of benzene rings is 1. The molecule has 0 aliphatic carbocycles. The van der Waals surface area contributed by atoms with E-state index >= 15 is 0 Å². The van der Waals surface area contributed by atoms with E-state index < -0.39 is 16.1 Å². The molecule has 1 heterocycles. The van der Waals surface area contributed by atoms with Gasteiger partial charge in [-0.05, 0) is 42.5 Å². The molecule has 0 saturated carbocycles. The number of nitrogens with two attached hydrogens (primary N) is 1. The van der Waals surface area contributed by atoms with Crippen molar-refractivity contribution in [3.05, 3.63) is 23.8 Å². The number of nitrogens with one attached hydrogen (secondary N) is 1. The maximum Gasteiger partial charge on any atom is 0.241 e. The molecule has 1 atom stereocenters. The van der Waals surface area contributed by atoms with Gasteiger partial charge < -0.3 is 11.1 Å². The van der Waals surface area contributed by atoms with Gasteiger partial charge in [0.15, 0.2) is 0 Å². The Kier molecular flexibility index (Phi) is 4.77. The van der Waals surface area contributed by atoms with Crippen molar-refractivity contribution in [3.63, 3.8) is 0 Å². The second kappa shape index (κ2) is 6.26. The molecule has 1 aromatic rings. The topological polar surface area (TPSA) is 92.5 Å². The van der Waals surface area contributed by atoms with Crippen LogP contribution in [0.3, 0.4) is 0 Å². The molecule has 0 spiro atoms. The Morgan fingerprint density at radius 3 is 2.68 bits per heavy atom. The molecule has 2 rings (SSSR count).